The number of allylic oxidation sites excluding steroid dienone is 4. The zero-order chi connectivity index (χ0) is 11.6. The Labute approximate surface area is 83.9 Å². The third-order valence-corrected chi connectivity index (χ3v) is 2.11. The number of rotatable bonds is 1. The summed E-state index contributed by atoms with van der Waals surface area (Å²) in [5, 5.41) is 0. The molecule has 4 N–H and O–H groups in total. The molecule has 1 unspecified atom stereocenters. The van der Waals surface area contributed by atoms with Crippen LogP contribution in [-0.2, 0) is 0 Å². The summed E-state index contributed by atoms with van der Waals surface area (Å²) in [6.07, 6.45) is -2.11. The SMILES string of the molecule is N/C=C(\N)C1C=CC(C(F)(F)F)=C(F)C1. The maximum atomic E-state index is 13.1. The van der Waals surface area contributed by atoms with Crippen LogP contribution in [0.2, 0.25) is 0 Å². The number of nitrogens with two attached hydrogens (primary N) is 2. The molecule has 6 heteroatoms. The van der Waals surface area contributed by atoms with Crippen molar-refractivity contribution in [1.82, 2.24) is 0 Å². The van der Waals surface area contributed by atoms with Crippen LogP contribution in [0.4, 0.5) is 17.6 Å². The molecule has 0 bridgehead atoms. The summed E-state index contributed by atoms with van der Waals surface area (Å²) in [6, 6.07) is 0. The first kappa shape index (κ1) is 11.6. The highest BCUT2D eigenvalue weighted by Crippen LogP contribution is 2.36. The Morgan fingerprint density at radius 2 is 2.07 bits per heavy atom. The Kier molecular flexibility index (Phi) is 3.06. The van der Waals surface area contributed by atoms with Gasteiger partial charge >= 0.3 is 6.18 Å². The maximum Gasteiger partial charge on any atom is 0.418 e. The van der Waals surface area contributed by atoms with Crippen molar-refractivity contribution in [3.8, 4) is 0 Å². The Bertz CT molecular complexity index is 339. The molecular weight excluding hydrogens is 212 g/mol. The monoisotopic (exact) mass is 222 g/mol. The van der Waals surface area contributed by atoms with Crippen LogP contribution < -0.4 is 11.5 Å². The minimum Gasteiger partial charge on any atom is -0.403 e. The van der Waals surface area contributed by atoms with Gasteiger partial charge in [-0.25, -0.2) is 4.39 Å². The van der Waals surface area contributed by atoms with Gasteiger partial charge in [-0.3, -0.25) is 0 Å². The van der Waals surface area contributed by atoms with Gasteiger partial charge in [-0.15, -0.1) is 0 Å². The second-order valence-corrected chi connectivity index (χ2v) is 3.15. The van der Waals surface area contributed by atoms with E-state index >= 15 is 0 Å². The molecule has 15 heavy (non-hydrogen) atoms. The lowest BCUT2D eigenvalue weighted by atomic mass is 9.93. The second kappa shape index (κ2) is 3.96. The van der Waals surface area contributed by atoms with Gasteiger partial charge in [0.05, 0.1) is 5.57 Å². The van der Waals surface area contributed by atoms with Crippen LogP contribution in [0.15, 0.2) is 35.4 Å². The fraction of sp³-hybridized carbons (Fsp3) is 0.333. The molecule has 0 radical (unpaired) electrons. The van der Waals surface area contributed by atoms with E-state index in [4.69, 9.17) is 11.5 Å². The third-order valence-electron chi connectivity index (χ3n) is 2.11. The quantitative estimate of drug-likeness (QED) is 0.667. The predicted molar refractivity (Wildman–Crippen MR) is 47.9 cm³/mol. The summed E-state index contributed by atoms with van der Waals surface area (Å²) >= 11 is 0. The molecule has 0 aliphatic heterocycles. The van der Waals surface area contributed by atoms with Crippen molar-refractivity contribution in [2.75, 3.05) is 0 Å². The third kappa shape index (κ3) is 2.51. The molecule has 0 heterocycles. The molecule has 1 aliphatic carbocycles. The molecule has 0 saturated carbocycles. The van der Waals surface area contributed by atoms with Crippen molar-refractivity contribution in [1.29, 1.82) is 0 Å². The summed E-state index contributed by atoms with van der Waals surface area (Å²) in [5.74, 6) is -1.80. The second-order valence-electron chi connectivity index (χ2n) is 3.15. The highest BCUT2D eigenvalue weighted by Gasteiger charge is 2.37. The Morgan fingerprint density at radius 1 is 1.47 bits per heavy atom. The van der Waals surface area contributed by atoms with Gasteiger partial charge in [0.1, 0.15) is 5.83 Å². The summed E-state index contributed by atoms with van der Waals surface area (Å²) in [6.45, 7) is 0. The van der Waals surface area contributed by atoms with Gasteiger partial charge in [0.15, 0.2) is 0 Å². The van der Waals surface area contributed by atoms with Crippen LogP contribution in [0.5, 0.6) is 0 Å². The molecule has 0 fully saturated rings. The molecule has 84 valence electrons. The maximum absolute atomic E-state index is 13.1. The summed E-state index contributed by atoms with van der Waals surface area (Å²) in [4.78, 5) is 0. The fourth-order valence-corrected chi connectivity index (χ4v) is 1.27. The van der Waals surface area contributed by atoms with Crippen molar-refractivity contribution in [2.45, 2.75) is 12.6 Å². The first-order chi connectivity index (χ1) is 6.86. The minimum atomic E-state index is -4.66. The Hall–Kier alpha value is -1.46. The van der Waals surface area contributed by atoms with E-state index in [9.17, 15) is 17.6 Å². The first-order valence-corrected chi connectivity index (χ1v) is 4.17. The van der Waals surface area contributed by atoms with Crippen LogP contribution in [0.25, 0.3) is 0 Å². The fourth-order valence-electron chi connectivity index (χ4n) is 1.27. The van der Waals surface area contributed by atoms with Crippen LogP contribution in [0, 0.1) is 5.92 Å². The Morgan fingerprint density at radius 3 is 2.47 bits per heavy atom. The average Bonchev–Trinajstić information content (AvgIpc) is 2.14. The topological polar surface area (TPSA) is 52.0 Å². The van der Waals surface area contributed by atoms with Crippen LogP contribution in [0.1, 0.15) is 6.42 Å². The zero-order valence-corrected chi connectivity index (χ0v) is 7.68. The van der Waals surface area contributed by atoms with E-state index < -0.39 is 29.9 Å². The van der Waals surface area contributed by atoms with Crippen molar-refractivity contribution in [2.24, 2.45) is 17.4 Å². The number of hydrogen-bond acceptors (Lipinski definition) is 2. The van der Waals surface area contributed by atoms with Gasteiger partial charge in [-0.05, 0) is 0 Å². The lowest BCUT2D eigenvalue weighted by Crippen LogP contribution is -2.19. The molecule has 0 aromatic carbocycles. The summed E-state index contributed by atoms with van der Waals surface area (Å²) in [5.41, 5.74) is 9.37. The van der Waals surface area contributed by atoms with Gasteiger partial charge in [-0.2, -0.15) is 13.2 Å². The molecule has 0 saturated heterocycles. The lowest BCUT2D eigenvalue weighted by molar-refractivity contribution is -0.0905. The van der Waals surface area contributed by atoms with Crippen LogP contribution in [-0.4, -0.2) is 6.18 Å². The highest BCUT2D eigenvalue weighted by atomic mass is 19.4. The van der Waals surface area contributed by atoms with Gasteiger partial charge in [-0.1, -0.05) is 12.2 Å². The molecule has 0 amide bonds. The summed E-state index contributed by atoms with van der Waals surface area (Å²) in [7, 11) is 0. The van der Waals surface area contributed by atoms with Gasteiger partial charge in [0.25, 0.3) is 0 Å². The highest BCUT2D eigenvalue weighted by molar-refractivity contribution is 5.33. The predicted octanol–water partition coefficient (Wildman–Crippen LogP) is 2.11. The van der Waals surface area contributed by atoms with Crippen molar-refractivity contribution < 1.29 is 17.6 Å². The molecule has 1 atom stereocenters. The van der Waals surface area contributed by atoms with E-state index in [1.807, 2.05) is 0 Å². The average molecular weight is 222 g/mol. The Balaban J connectivity index is 2.90. The lowest BCUT2D eigenvalue weighted by Gasteiger charge is -2.19. The number of halogens is 4. The minimum absolute atomic E-state index is 0.155. The van der Waals surface area contributed by atoms with Crippen LogP contribution in [0.3, 0.4) is 0 Å². The van der Waals surface area contributed by atoms with Crippen molar-refractivity contribution >= 4 is 0 Å². The molecule has 0 spiro atoms. The van der Waals surface area contributed by atoms with Crippen molar-refractivity contribution in [3.05, 3.63) is 35.4 Å². The molecule has 0 aromatic rings. The summed E-state index contributed by atoms with van der Waals surface area (Å²) < 4.78 is 49.6. The van der Waals surface area contributed by atoms with Crippen molar-refractivity contribution in [3.63, 3.8) is 0 Å². The molecular formula is C9H10F4N2. The van der Waals surface area contributed by atoms with E-state index in [0.717, 1.165) is 6.20 Å². The molecule has 2 nitrogen and oxygen atoms in total. The molecule has 1 rings (SSSR count). The van der Waals surface area contributed by atoms with E-state index in [0.29, 0.717) is 6.08 Å². The largest absolute Gasteiger partial charge is 0.418 e. The molecule has 1 aliphatic rings. The van der Waals surface area contributed by atoms with Gasteiger partial charge in [0.2, 0.25) is 0 Å². The van der Waals surface area contributed by atoms with E-state index in [1.54, 1.807) is 0 Å². The first-order valence-electron chi connectivity index (χ1n) is 4.17. The van der Waals surface area contributed by atoms with Crippen LogP contribution >= 0.6 is 0 Å². The smallest absolute Gasteiger partial charge is 0.403 e. The molecule has 0 aromatic heterocycles. The zero-order valence-electron chi connectivity index (χ0n) is 7.68. The van der Waals surface area contributed by atoms with Gasteiger partial charge < -0.3 is 11.5 Å². The van der Waals surface area contributed by atoms with Gasteiger partial charge in [0, 0.05) is 24.2 Å². The van der Waals surface area contributed by atoms with E-state index in [2.05, 4.69) is 0 Å². The number of hydrogen-bond donors (Lipinski definition) is 2. The van der Waals surface area contributed by atoms with E-state index in [1.165, 1.54) is 6.08 Å². The standard InChI is InChI=1S/C9H10F4N2/c10-7-3-5(8(15)4-14)1-2-6(7)9(11,12)13/h1-2,4-5H,3,14-15H2/b8-4-. The number of alkyl halides is 3. The normalized spacial score (nSPS) is 23.5. The van der Waals surface area contributed by atoms with E-state index in [-0.39, 0.29) is 5.70 Å².